The van der Waals surface area contributed by atoms with Crippen LogP contribution in [0.3, 0.4) is 0 Å². The fourth-order valence-corrected chi connectivity index (χ4v) is 1.95. The van der Waals surface area contributed by atoms with E-state index in [0.29, 0.717) is 12.6 Å². The van der Waals surface area contributed by atoms with Gasteiger partial charge in [-0.15, -0.1) is 0 Å². The van der Waals surface area contributed by atoms with Crippen molar-refractivity contribution in [2.45, 2.75) is 26.3 Å². The number of hydrogen-bond acceptors (Lipinski definition) is 3. The monoisotopic (exact) mass is 204 g/mol. The highest BCUT2D eigenvalue weighted by atomic mass is 16.5. The Balaban J connectivity index is 2.17. The predicted octanol–water partition coefficient (Wildman–Crippen LogP) is 1.56. The van der Waals surface area contributed by atoms with E-state index in [1.165, 1.54) is 16.7 Å². The number of rotatable bonds is 2. The van der Waals surface area contributed by atoms with E-state index in [4.69, 9.17) is 10.5 Å². The predicted molar refractivity (Wildman–Crippen MR) is 61.0 cm³/mol. The molecule has 1 atom stereocenters. The number of aryl methyl sites for hydroxylation is 2. The highest BCUT2D eigenvalue weighted by Gasteiger charge is 2.18. The molecule has 0 amide bonds. The van der Waals surface area contributed by atoms with Crippen LogP contribution < -0.4 is 5.73 Å². The van der Waals surface area contributed by atoms with Crippen LogP contribution in [0.5, 0.6) is 0 Å². The van der Waals surface area contributed by atoms with Crippen LogP contribution in [0, 0.1) is 13.8 Å². The molecule has 15 heavy (non-hydrogen) atoms. The van der Waals surface area contributed by atoms with Crippen molar-refractivity contribution in [2.75, 3.05) is 6.61 Å². The van der Waals surface area contributed by atoms with Crippen molar-refractivity contribution < 1.29 is 4.74 Å². The Bertz CT molecular complexity index is 378. The zero-order valence-electron chi connectivity index (χ0n) is 9.16. The van der Waals surface area contributed by atoms with Crippen LogP contribution in [0.2, 0.25) is 0 Å². The van der Waals surface area contributed by atoms with Gasteiger partial charge in [-0.3, -0.25) is 0 Å². The van der Waals surface area contributed by atoms with Crippen molar-refractivity contribution in [1.29, 1.82) is 0 Å². The zero-order valence-corrected chi connectivity index (χ0v) is 9.16. The average molecular weight is 204 g/mol. The third-order valence-electron chi connectivity index (χ3n) is 2.82. The SMILES string of the molecule is Cc1cccc(C)c1C[C@H]1COC(N)=N1. The van der Waals surface area contributed by atoms with Crippen LogP contribution in [0.4, 0.5) is 0 Å². The Hall–Kier alpha value is -1.51. The molecule has 0 unspecified atom stereocenters. The second kappa shape index (κ2) is 3.93. The lowest BCUT2D eigenvalue weighted by atomic mass is 9.97. The summed E-state index contributed by atoms with van der Waals surface area (Å²) in [5.74, 6) is 0. The number of aliphatic imine (C=N–C) groups is 1. The topological polar surface area (TPSA) is 47.6 Å². The quantitative estimate of drug-likeness (QED) is 0.794. The molecule has 1 heterocycles. The number of benzene rings is 1. The molecule has 0 radical (unpaired) electrons. The Labute approximate surface area is 90.0 Å². The second-order valence-corrected chi connectivity index (χ2v) is 4.01. The van der Waals surface area contributed by atoms with Gasteiger partial charge in [0.1, 0.15) is 6.61 Å². The van der Waals surface area contributed by atoms with Crippen LogP contribution in [0.25, 0.3) is 0 Å². The Morgan fingerprint density at radius 3 is 2.60 bits per heavy atom. The lowest BCUT2D eigenvalue weighted by Gasteiger charge is -2.11. The van der Waals surface area contributed by atoms with Gasteiger partial charge in [-0.2, -0.15) is 0 Å². The van der Waals surface area contributed by atoms with Gasteiger partial charge in [-0.05, 0) is 37.0 Å². The first-order chi connectivity index (χ1) is 7.16. The van der Waals surface area contributed by atoms with Crippen LogP contribution in [0.1, 0.15) is 16.7 Å². The minimum Gasteiger partial charge on any atom is -0.463 e. The summed E-state index contributed by atoms with van der Waals surface area (Å²) in [4.78, 5) is 4.24. The highest BCUT2D eigenvalue weighted by molar-refractivity contribution is 5.73. The van der Waals surface area contributed by atoms with E-state index in [9.17, 15) is 0 Å². The summed E-state index contributed by atoms with van der Waals surface area (Å²) in [6.07, 6.45) is 0.916. The van der Waals surface area contributed by atoms with Gasteiger partial charge in [0.05, 0.1) is 6.04 Å². The first kappa shape index (κ1) is 10.0. The molecule has 0 saturated carbocycles. The lowest BCUT2D eigenvalue weighted by Crippen LogP contribution is -2.12. The third kappa shape index (κ3) is 2.12. The summed E-state index contributed by atoms with van der Waals surface area (Å²) in [5, 5.41) is 0. The van der Waals surface area contributed by atoms with Crippen molar-refractivity contribution >= 4 is 6.02 Å². The minimum atomic E-state index is 0.185. The van der Waals surface area contributed by atoms with E-state index in [1.807, 2.05) is 0 Å². The molecule has 1 aromatic rings. The maximum atomic E-state index is 5.48. The van der Waals surface area contributed by atoms with E-state index in [2.05, 4.69) is 37.0 Å². The molecule has 3 nitrogen and oxygen atoms in total. The molecule has 0 saturated heterocycles. The summed E-state index contributed by atoms with van der Waals surface area (Å²) in [6, 6.07) is 6.85. The van der Waals surface area contributed by atoms with Gasteiger partial charge in [0, 0.05) is 0 Å². The van der Waals surface area contributed by atoms with Gasteiger partial charge < -0.3 is 10.5 Å². The van der Waals surface area contributed by atoms with Gasteiger partial charge in [0.25, 0.3) is 6.02 Å². The van der Waals surface area contributed by atoms with Crippen molar-refractivity contribution in [3.05, 3.63) is 34.9 Å². The average Bonchev–Trinajstić information content (AvgIpc) is 2.58. The van der Waals surface area contributed by atoms with Gasteiger partial charge >= 0.3 is 0 Å². The molecular weight excluding hydrogens is 188 g/mol. The molecule has 1 aliphatic rings. The molecule has 1 aliphatic heterocycles. The van der Waals surface area contributed by atoms with E-state index in [1.54, 1.807) is 0 Å². The lowest BCUT2D eigenvalue weighted by molar-refractivity contribution is 0.312. The van der Waals surface area contributed by atoms with E-state index < -0.39 is 0 Å². The Kier molecular flexibility index (Phi) is 2.62. The van der Waals surface area contributed by atoms with Crippen LogP contribution in [-0.4, -0.2) is 18.7 Å². The van der Waals surface area contributed by atoms with Crippen molar-refractivity contribution in [1.82, 2.24) is 0 Å². The molecular formula is C12H16N2O. The van der Waals surface area contributed by atoms with E-state index >= 15 is 0 Å². The molecule has 0 fully saturated rings. The second-order valence-electron chi connectivity index (χ2n) is 4.01. The smallest absolute Gasteiger partial charge is 0.282 e. The first-order valence-corrected chi connectivity index (χ1v) is 5.18. The molecule has 2 N–H and O–H groups in total. The molecule has 0 aromatic heterocycles. The van der Waals surface area contributed by atoms with Crippen molar-refractivity contribution in [2.24, 2.45) is 10.7 Å². The molecule has 3 heteroatoms. The Morgan fingerprint density at radius 2 is 2.07 bits per heavy atom. The van der Waals surface area contributed by atoms with E-state index in [0.717, 1.165) is 6.42 Å². The van der Waals surface area contributed by atoms with Crippen molar-refractivity contribution in [3.63, 3.8) is 0 Å². The van der Waals surface area contributed by atoms with E-state index in [-0.39, 0.29) is 6.04 Å². The molecule has 1 aromatic carbocycles. The zero-order chi connectivity index (χ0) is 10.8. The van der Waals surface area contributed by atoms with Gasteiger partial charge in [-0.1, -0.05) is 18.2 Å². The maximum absolute atomic E-state index is 5.48. The Morgan fingerprint density at radius 1 is 1.40 bits per heavy atom. The first-order valence-electron chi connectivity index (χ1n) is 5.18. The summed E-state index contributed by atoms with van der Waals surface area (Å²) in [5.41, 5.74) is 9.48. The standard InChI is InChI=1S/C12H16N2O/c1-8-4-3-5-9(2)11(8)6-10-7-15-12(13)14-10/h3-5,10H,6-7H2,1-2H3,(H2,13,14)/t10-/m0/s1. The normalized spacial score (nSPS) is 19.9. The van der Waals surface area contributed by atoms with Gasteiger partial charge in [0.15, 0.2) is 0 Å². The van der Waals surface area contributed by atoms with Crippen LogP contribution in [0.15, 0.2) is 23.2 Å². The highest BCUT2D eigenvalue weighted by Crippen LogP contribution is 2.18. The maximum Gasteiger partial charge on any atom is 0.282 e. The number of hydrogen-bond donors (Lipinski definition) is 1. The summed E-state index contributed by atoms with van der Waals surface area (Å²) < 4.78 is 5.15. The summed E-state index contributed by atoms with van der Waals surface area (Å²) >= 11 is 0. The molecule has 2 rings (SSSR count). The minimum absolute atomic E-state index is 0.185. The van der Waals surface area contributed by atoms with Crippen molar-refractivity contribution in [3.8, 4) is 0 Å². The fraction of sp³-hybridized carbons (Fsp3) is 0.417. The molecule has 0 bridgehead atoms. The summed E-state index contributed by atoms with van der Waals surface area (Å²) in [6.45, 7) is 4.87. The molecule has 0 aliphatic carbocycles. The van der Waals surface area contributed by atoms with Crippen LogP contribution in [-0.2, 0) is 11.2 Å². The number of nitrogens with zero attached hydrogens (tertiary/aromatic N) is 1. The number of amidine groups is 1. The summed E-state index contributed by atoms with van der Waals surface area (Å²) in [7, 11) is 0. The van der Waals surface area contributed by atoms with Gasteiger partial charge in [-0.25, -0.2) is 4.99 Å². The largest absolute Gasteiger partial charge is 0.463 e. The molecule has 80 valence electrons. The van der Waals surface area contributed by atoms with Crippen LogP contribution >= 0.6 is 0 Å². The molecule has 0 spiro atoms. The number of nitrogens with two attached hydrogens (primary N) is 1. The number of ether oxygens (including phenoxy) is 1. The fourth-order valence-electron chi connectivity index (χ4n) is 1.95. The van der Waals surface area contributed by atoms with Gasteiger partial charge in [0.2, 0.25) is 0 Å². The third-order valence-corrected chi connectivity index (χ3v) is 2.82.